The lowest BCUT2D eigenvalue weighted by atomic mass is 9.96. The Morgan fingerprint density at radius 3 is 2.26 bits per heavy atom. The summed E-state index contributed by atoms with van der Waals surface area (Å²) >= 11 is 0. The van der Waals surface area contributed by atoms with Gasteiger partial charge in [0.15, 0.2) is 0 Å². The van der Waals surface area contributed by atoms with Crippen LogP contribution in [0.1, 0.15) is 70.0 Å². The van der Waals surface area contributed by atoms with Crippen molar-refractivity contribution in [1.82, 2.24) is 5.32 Å². The van der Waals surface area contributed by atoms with Crippen LogP contribution in [0.4, 0.5) is 0 Å². The first-order chi connectivity index (χ1) is 9.24. The van der Waals surface area contributed by atoms with Crippen molar-refractivity contribution in [3.63, 3.8) is 0 Å². The molecular weight excluding hydrogens is 230 g/mol. The first kappa shape index (κ1) is 14.6. The maximum Gasteiger partial charge on any atom is 0.0320 e. The minimum atomic E-state index is 0.515. The van der Waals surface area contributed by atoms with Gasteiger partial charge >= 0.3 is 0 Å². The molecular formula is C18H29N. The molecule has 1 aliphatic rings. The molecule has 19 heavy (non-hydrogen) atoms. The van der Waals surface area contributed by atoms with Gasteiger partial charge in [-0.3, -0.25) is 0 Å². The highest BCUT2D eigenvalue weighted by Crippen LogP contribution is 2.29. The van der Waals surface area contributed by atoms with E-state index in [1.54, 1.807) is 0 Å². The zero-order valence-electron chi connectivity index (χ0n) is 12.8. The summed E-state index contributed by atoms with van der Waals surface area (Å²) in [6, 6.07) is 10.3. The summed E-state index contributed by atoms with van der Waals surface area (Å²) in [5, 5.41) is 3.86. The van der Waals surface area contributed by atoms with Gasteiger partial charge in [-0.15, -0.1) is 0 Å². The Hall–Kier alpha value is -0.820. The molecule has 2 rings (SSSR count). The van der Waals surface area contributed by atoms with Crippen LogP contribution in [0.5, 0.6) is 0 Å². The molecule has 1 heteroatoms. The fourth-order valence-corrected chi connectivity index (χ4v) is 3.35. The summed E-state index contributed by atoms with van der Waals surface area (Å²) in [6.07, 6.45) is 7.99. The van der Waals surface area contributed by atoms with Crippen LogP contribution >= 0.6 is 0 Å². The molecule has 1 N–H and O–H groups in total. The number of aryl methyl sites for hydroxylation is 1. The number of hydrogen-bond donors (Lipinski definition) is 1. The predicted octanol–water partition coefficient (Wildman–Crippen LogP) is 4.87. The number of hydrogen-bond acceptors (Lipinski definition) is 1. The highest BCUT2D eigenvalue weighted by atomic mass is 14.9. The van der Waals surface area contributed by atoms with Gasteiger partial charge in [-0.2, -0.15) is 0 Å². The summed E-state index contributed by atoms with van der Waals surface area (Å²) in [5.74, 6) is 0.893. The van der Waals surface area contributed by atoms with E-state index in [1.165, 1.54) is 43.2 Å². The molecule has 0 aliphatic heterocycles. The largest absolute Gasteiger partial charge is 0.307 e. The van der Waals surface area contributed by atoms with E-state index in [9.17, 15) is 0 Å². The van der Waals surface area contributed by atoms with Gasteiger partial charge < -0.3 is 5.32 Å². The highest BCUT2D eigenvalue weighted by molar-refractivity contribution is 5.25. The van der Waals surface area contributed by atoms with Gasteiger partial charge in [0.2, 0.25) is 0 Å². The van der Waals surface area contributed by atoms with Crippen molar-refractivity contribution in [2.75, 3.05) is 0 Å². The zero-order chi connectivity index (χ0) is 13.7. The Labute approximate surface area is 118 Å². The quantitative estimate of drug-likeness (QED) is 0.768. The van der Waals surface area contributed by atoms with Crippen LogP contribution in [-0.2, 0) is 6.42 Å². The van der Waals surface area contributed by atoms with E-state index in [1.807, 2.05) is 0 Å². The Balaban J connectivity index is 1.97. The van der Waals surface area contributed by atoms with E-state index in [0.29, 0.717) is 12.1 Å². The van der Waals surface area contributed by atoms with E-state index in [-0.39, 0.29) is 0 Å². The Kier molecular flexibility index (Phi) is 5.45. The summed E-state index contributed by atoms with van der Waals surface area (Å²) < 4.78 is 0. The fourth-order valence-electron chi connectivity index (χ4n) is 3.35. The van der Waals surface area contributed by atoms with Gasteiger partial charge in [-0.1, -0.05) is 51.0 Å². The van der Waals surface area contributed by atoms with Crippen LogP contribution in [0.2, 0.25) is 0 Å². The average Bonchev–Trinajstić information content (AvgIpc) is 2.99. The lowest BCUT2D eigenvalue weighted by Crippen LogP contribution is -2.35. The SMILES string of the molecule is CCc1ccc(C(CC)NC(C)C2CCCC2)cc1. The lowest BCUT2D eigenvalue weighted by Gasteiger charge is -2.27. The van der Waals surface area contributed by atoms with Crippen LogP contribution in [0.25, 0.3) is 0 Å². The van der Waals surface area contributed by atoms with Crippen LogP contribution in [0, 0.1) is 5.92 Å². The molecule has 1 nitrogen and oxygen atoms in total. The standard InChI is InChI=1S/C18H29N/c1-4-15-10-12-17(13-11-15)18(5-2)19-14(3)16-8-6-7-9-16/h10-14,16,18-19H,4-9H2,1-3H3. The molecule has 1 fully saturated rings. The van der Waals surface area contributed by atoms with Gasteiger partial charge in [0.1, 0.15) is 0 Å². The monoisotopic (exact) mass is 259 g/mol. The Morgan fingerprint density at radius 1 is 1.11 bits per heavy atom. The zero-order valence-corrected chi connectivity index (χ0v) is 12.8. The molecule has 0 heterocycles. The third kappa shape index (κ3) is 3.82. The molecule has 0 bridgehead atoms. The third-order valence-electron chi connectivity index (χ3n) is 4.77. The summed E-state index contributed by atoms with van der Waals surface area (Å²) in [4.78, 5) is 0. The van der Waals surface area contributed by atoms with Gasteiger partial charge in [0.25, 0.3) is 0 Å². The summed E-state index contributed by atoms with van der Waals surface area (Å²) in [6.45, 7) is 6.87. The van der Waals surface area contributed by atoms with Gasteiger partial charge in [0.05, 0.1) is 0 Å². The normalized spacial score (nSPS) is 19.5. The minimum absolute atomic E-state index is 0.515. The van der Waals surface area contributed by atoms with E-state index < -0.39 is 0 Å². The first-order valence-electron chi connectivity index (χ1n) is 8.09. The van der Waals surface area contributed by atoms with Crippen LogP contribution in [0.15, 0.2) is 24.3 Å². The van der Waals surface area contributed by atoms with Crippen molar-refractivity contribution >= 4 is 0 Å². The number of rotatable bonds is 6. The molecule has 0 saturated heterocycles. The summed E-state index contributed by atoms with van der Waals surface area (Å²) in [7, 11) is 0. The number of nitrogens with one attached hydrogen (secondary N) is 1. The van der Waals surface area contributed by atoms with Gasteiger partial charge in [-0.05, 0) is 49.7 Å². The molecule has 2 unspecified atom stereocenters. The van der Waals surface area contributed by atoms with E-state index in [2.05, 4.69) is 50.4 Å². The molecule has 1 aromatic rings. The molecule has 1 saturated carbocycles. The average molecular weight is 259 g/mol. The lowest BCUT2D eigenvalue weighted by molar-refractivity contribution is 0.339. The molecule has 0 aromatic heterocycles. The molecule has 106 valence electrons. The van der Waals surface area contributed by atoms with Crippen molar-refractivity contribution in [3.05, 3.63) is 35.4 Å². The highest BCUT2D eigenvalue weighted by Gasteiger charge is 2.23. The van der Waals surface area contributed by atoms with Crippen LogP contribution < -0.4 is 5.32 Å². The maximum atomic E-state index is 3.86. The topological polar surface area (TPSA) is 12.0 Å². The second kappa shape index (κ2) is 7.09. The third-order valence-corrected chi connectivity index (χ3v) is 4.77. The van der Waals surface area contributed by atoms with Gasteiger partial charge in [0, 0.05) is 12.1 Å². The van der Waals surface area contributed by atoms with E-state index >= 15 is 0 Å². The predicted molar refractivity (Wildman–Crippen MR) is 83.4 cm³/mol. The van der Waals surface area contributed by atoms with E-state index in [0.717, 1.165) is 12.3 Å². The van der Waals surface area contributed by atoms with Crippen molar-refractivity contribution in [1.29, 1.82) is 0 Å². The fraction of sp³-hybridized carbons (Fsp3) is 0.667. The Morgan fingerprint density at radius 2 is 1.74 bits per heavy atom. The first-order valence-corrected chi connectivity index (χ1v) is 8.09. The maximum absolute atomic E-state index is 3.86. The summed E-state index contributed by atoms with van der Waals surface area (Å²) in [5.41, 5.74) is 2.88. The van der Waals surface area contributed by atoms with E-state index in [4.69, 9.17) is 0 Å². The molecule has 1 aromatic carbocycles. The van der Waals surface area contributed by atoms with Crippen molar-refractivity contribution in [3.8, 4) is 0 Å². The van der Waals surface area contributed by atoms with Crippen molar-refractivity contribution in [2.45, 2.75) is 71.4 Å². The van der Waals surface area contributed by atoms with Crippen molar-refractivity contribution in [2.24, 2.45) is 5.92 Å². The molecule has 0 radical (unpaired) electrons. The van der Waals surface area contributed by atoms with Crippen molar-refractivity contribution < 1.29 is 0 Å². The minimum Gasteiger partial charge on any atom is -0.307 e. The second-order valence-corrected chi connectivity index (χ2v) is 6.06. The Bertz CT molecular complexity index is 362. The smallest absolute Gasteiger partial charge is 0.0320 e. The number of benzene rings is 1. The molecule has 1 aliphatic carbocycles. The van der Waals surface area contributed by atoms with Crippen LogP contribution in [0.3, 0.4) is 0 Å². The second-order valence-electron chi connectivity index (χ2n) is 6.06. The molecule has 0 amide bonds. The molecule has 2 atom stereocenters. The van der Waals surface area contributed by atoms with Crippen LogP contribution in [-0.4, -0.2) is 6.04 Å². The van der Waals surface area contributed by atoms with Gasteiger partial charge in [-0.25, -0.2) is 0 Å². The molecule has 0 spiro atoms.